The quantitative estimate of drug-likeness (QED) is 0.897. The lowest BCUT2D eigenvalue weighted by atomic mass is 10.1. The number of anilines is 1. The molecule has 0 saturated heterocycles. The van der Waals surface area contributed by atoms with E-state index in [0.29, 0.717) is 6.79 Å². The lowest BCUT2D eigenvalue weighted by Crippen LogP contribution is -2.06. The van der Waals surface area contributed by atoms with Crippen molar-refractivity contribution < 1.29 is 14.6 Å². The van der Waals surface area contributed by atoms with Crippen molar-refractivity contribution >= 4 is 5.69 Å². The Morgan fingerprint density at radius 3 is 2.85 bits per heavy atom. The summed E-state index contributed by atoms with van der Waals surface area (Å²) in [7, 11) is 0. The van der Waals surface area contributed by atoms with E-state index in [1.165, 1.54) is 0 Å². The van der Waals surface area contributed by atoms with Crippen LogP contribution in [0.2, 0.25) is 0 Å². The van der Waals surface area contributed by atoms with E-state index >= 15 is 0 Å². The molecular weight excluding hydrogens is 254 g/mol. The Labute approximate surface area is 118 Å². The molecular formula is C16H17NO3. The van der Waals surface area contributed by atoms with Gasteiger partial charge in [0.05, 0.1) is 6.61 Å². The molecule has 1 heterocycles. The van der Waals surface area contributed by atoms with Crippen molar-refractivity contribution in [3.63, 3.8) is 0 Å². The molecule has 0 radical (unpaired) electrons. The van der Waals surface area contributed by atoms with Crippen LogP contribution in [0.3, 0.4) is 0 Å². The number of fused-ring (bicyclic) bond motifs is 1. The van der Waals surface area contributed by atoms with Gasteiger partial charge in [-0.05, 0) is 42.3 Å². The number of benzene rings is 2. The third kappa shape index (κ3) is 2.56. The maximum Gasteiger partial charge on any atom is 0.231 e. The third-order valence-electron chi connectivity index (χ3n) is 3.39. The molecule has 1 atom stereocenters. The second kappa shape index (κ2) is 5.43. The van der Waals surface area contributed by atoms with Crippen molar-refractivity contribution in [2.45, 2.75) is 19.6 Å². The standard InChI is InChI=1S/C16H17NO3/c1-11(17-14-4-2-3-12(7-14)9-18)13-5-6-15-16(8-13)20-10-19-15/h2-8,11,17-18H,9-10H2,1H3. The normalized spacial score (nSPS) is 14.1. The number of hydrogen-bond donors (Lipinski definition) is 2. The van der Waals surface area contributed by atoms with E-state index in [1.54, 1.807) is 0 Å². The topological polar surface area (TPSA) is 50.7 Å². The number of aliphatic hydroxyl groups excluding tert-OH is 1. The summed E-state index contributed by atoms with van der Waals surface area (Å²) in [6.45, 7) is 2.43. The van der Waals surface area contributed by atoms with Crippen LogP contribution in [0.4, 0.5) is 5.69 Å². The Kier molecular flexibility index (Phi) is 3.48. The lowest BCUT2D eigenvalue weighted by molar-refractivity contribution is 0.174. The van der Waals surface area contributed by atoms with E-state index in [-0.39, 0.29) is 12.6 Å². The number of hydrogen-bond acceptors (Lipinski definition) is 4. The molecule has 104 valence electrons. The van der Waals surface area contributed by atoms with Crippen LogP contribution >= 0.6 is 0 Å². The van der Waals surface area contributed by atoms with E-state index in [9.17, 15) is 0 Å². The summed E-state index contributed by atoms with van der Waals surface area (Å²) < 4.78 is 10.7. The van der Waals surface area contributed by atoms with Gasteiger partial charge < -0.3 is 19.9 Å². The molecule has 1 aliphatic heterocycles. The Morgan fingerprint density at radius 1 is 1.15 bits per heavy atom. The molecule has 0 bridgehead atoms. The highest BCUT2D eigenvalue weighted by Gasteiger charge is 2.15. The fourth-order valence-electron chi connectivity index (χ4n) is 2.28. The highest BCUT2D eigenvalue weighted by molar-refractivity contribution is 5.50. The van der Waals surface area contributed by atoms with Crippen LogP contribution in [-0.2, 0) is 6.61 Å². The molecule has 20 heavy (non-hydrogen) atoms. The Balaban J connectivity index is 1.77. The molecule has 0 spiro atoms. The molecule has 0 saturated carbocycles. The van der Waals surface area contributed by atoms with Gasteiger partial charge in [-0.2, -0.15) is 0 Å². The van der Waals surface area contributed by atoms with Crippen LogP contribution < -0.4 is 14.8 Å². The van der Waals surface area contributed by atoms with E-state index in [1.807, 2.05) is 42.5 Å². The van der Waals surface area contributed by atoms with Crippen molar-refractivity contribution in [2.75, 3.05) is 12.1 Å². The maximum absolute atomic E-state index is 9.16. The van der Waals surface area contributed by atoms with Crippen molar-refractivity contribution in [2.24, 2.45) is 0 Å². The molecule has 4 nitrogen and oxygen atoms in total. The van der Waals surface area contributed by atoms with Gasteiger partial charge in [0.15, 0.2) is 11.5 Å². The molecule has 1 aliphatic rings. The highest BCUT2D eigenvalue weighted by atomic mass is 16.7. The number of aliphatic hydroxyl groups is 1. The van der Waals surface area contributed by atoms with Crippen LogP contribution in [0.1, 0.15) is 24.1 Å². The minimum Gasteiger partial charge on any atom is -0.454 e. The van der Waals surface area contributed by atoms with Gasteiger partial charge in [0.1, 0.15) is 0 Å². The van der Waals surface area contributed by atoms with E-state index in [0.717, 1.165) is 28.3 Å². The zero-order valence-electron chi connectivity index (χ0n) is 11.3. The molecule has 2 aromatic carbocycles. The molecule has 4 heteroatoms. The fraction of sp³-hybridized carbons (Fsp3) is 0.250. The molecule has 0 aliphatic carbocycles. The summed E-state index contributed by atoms with van der Waals surface area (Å²) in [5.74, 6) is 1.59. The first-order valence-electron chi connectivity index (χ1n) is 6.62. The van der Waals surface area contributed by atoms with Gasteiger partial charge in [-0.25, -0.2) is 0 Å². The zero-order chi connectivity index (χ0) is 13.9. The second-order valence-corrected chi connectivity index (χ2v) is 4.84. The average Bonchev–Trinajstić information content (AvgIpc) is 2.94. The molecule has 0 fully saturated rings. The summed E-state index contributed by atoms with van der Waals surface area (Å²) in [6, 6.07) is 13.9. The second-order valence-electron chi connectivity index (χ2n) is 4.84. The van der Waals surface area contributed by atoms with Gasteiger partial charge >= 0.3 is 0 Å². The highest BCUT2D eigenvalue weighted by Crippen LogP contribution is 2.34. The largest absolute Gasteiger partial charge is 0.454 e. The monoisotopic (exact) mass is 271 g/mol. The molecule has 0 aromatic heterocycles. The van der Waals surface area contributed by atoms with Crippen LogP contribution in [0.25, 0.3) is 0 Å². The maximum atomic E-state index is 9.16. The number of nitrogens with one attached hydrogen (secondary N) is 1. The van der Waals surface area contributed by atoms with Crippen LogP contribution in [0.15, 0.2) is 42.5 Å². The van der Waals surface area contributed by atoms with Crippen molar-refractivity contribution in [1.82, 2.24) is 0 Å². The van der Waals surface area contributed by atoms with E-state index < -0.39 is 0 Å². The van der Waals surface area contributed by atoms with Gasteiger partial charge in [0.2, 0.25) is 6.79 Å². The molecule has 2 aromatic rings. The first kappa shape index (κ1) is 12.8. The Morgan fingerprint density at radius 2 is 2.00 bits per heavy atom. The van der Waals surface area contributed by atoms with Crippen molar-refractivity contribution in [3.05, 3.63) is 53.6 Å². The summed E-state index contributed by atoms with van der Waals surface area (Å²) in [6.07, 6.45) is 0. The molecule has 2 N–H and O–H groups in total. The molecule has 1 unspecified atom stereocenters. The summed E-state index contributed by atoms with van der Waals surface area (Å²) in [5, 5.41) is 12.6. The molecule has 0 amide bonds. The van der Waals surface area contributed by atoms with Crippen LogP contribution in [0, 0.1) is 0 Å². The predicted molar refractivity (Wildman–Crippen MR) is 77.0 cm³/mol. The van der Waals surface area contributed by atoms with Gasteiger partial charge in [0, 0.05) is 11.7 Å². The van der Waals surface area contributed by atoms with Crippen LogP contribution in [-0.4, -0.2) is 11.9 Å². The summed E-state index contributed by atoms with van der Waals surface area (Å²) >= 11 is 0. The Hall–Kier alpha value is -2.20. The van der Waals surface area contributed by atoms with Crippen molar-refractivity contribution in [3.8, 4) is 11.5 Å². The van der Waals surface area contributed by atoms with Gasteiger partial charge in [0.25, 0.3) is 0 Å². The number of rotatable bonds is 4. The summed E-state index contributed by atoms with van der Waals surface area (Å²) in [5.41, 5.74) is 3.01. The summed E-state index contributed by atoms with van der Waals surface area (Å²) in [4.78, 5) is 0. The van der Waals surface area contributed by atoms with Gasteiger partial charge in [-0.3, -0.25) is 0 Å². The Bertz CT molecular complexity index is 612. The molecule has 3 rings (SSSR count). The number of ether oxygens (including phenoxy) is 2. The minimum atomic E-state index is 0.0495. The van der Waals surface area contributed by atoms with E-state index in [2.05, 4.69) is 12.2 Å². The first-order valence-corrected chi connectivity index (χ1v) is 6.62. The van der Waals surface area contributed by atoms with Gasteiger partial charge in [-0.15, -0.1) is 0 Å². The predicted octanol–water partition coefficient (Wildman–Crippen LogP) is 3.08. The smallest absolute Gasteiger partial charge is 0.231 e. The fourth-order valence-corrected chi connectivity index (χ4v) is 2.28. The minimum absolute atomic E-state index is 0.0495. The van der Waals surface area contributed by atoms with Crippen LogP contribution in [0.5, 0.6) is 11.5 Å². The average molecular weight is 271 g/mol. The van der Waals surface area contributed by atoms with Crippen molar-refractivity contribution in [1.29, 1.82) is 0 Å². The zero-order valence-corrected chi connectivity index (χ0v) is 11.3. The lowest BCUT2D eigenvalue weighted by Gasteiger charge is -2.16. The van der Waals surface area contributed by atoms with Gasteiger partial charge in [-0.1, -0.05) is 18.2 Å². The first-order chi connectivity index (χ1) is 9.76. The SMILES string of the molecule is CC(Nc1cccc(CO)c1)c1ccc2c(c1)OCO2. The van der Waals surface area contributed by atoms with E-state index in [4.69, 9.17) is 14.6 Å². The third-order valence-corrected chi connectivity index (χ3v) is 3.39.